The van der Waals surface area contributed by atoms with E-state index in [4.69, 9.17) is 16.3 Å². The quantitative estimate of drug-likeness (QED) is 0.349. The van der Waals surface area contributed by atoms with Crippen LogP contribution in [0.15, 0.2) is 57.7 Å². The van der Waals surface area contributed by atoms with E-state index >= 15 is 4.39 Å². The maximum Gasteiger partial charge on any atom is 0.282 e. The van der Waals surface area contributed by atoms with Gasteiger partial charge in [0.2, 0.25) is 12.4 Å². The fourth-order valence-corrected chi connectivity index (χ4v) is 7.33. The summed E-state index contributed by atoms with van der Waals surface area (Å²) in [4.78, 5) is 30.9. The molecule has 2 unspecified atom stereocenters. The van der Waals surface area contributed by atoms with Crippen LogP contribution in [0.2, 0.25) is 0 Å². The molecule has 6 rings (SSSR count). The van der Waals surface area contributed by atoms with Crippen molar-refractivity contribution in [2.45, 2.75) is 56.7 Å². The number of likely N-dealkylation sites (N-methyl/N-ethyl adjacent to an activating group) is 1. The first-order valence-corrected chi connectivity index (χ1v) is 15.7. The summed E-state index contributed by atoms with van der Waals surface area (Å²) in [6.45, 7) is 12.3. The Morgan fingerprint density at radius 3 is 2.78 bits per heavy atom. The van der Waals surface area contributed by atoms with Gasteiger partial charge in [-0.3, -0.25) is 9.79 Å². The van der Waals surface area contributed by atoms with Crippen LogP contribution in [0.25, 0.3) is 10.5 Å². The Hall–Kier alpha value is -4.35. The third-order valence-electron chi connectivity index (χ3n) is 9.70. The maximum atomic E-state index is 16.8. The van der Waals surface area contributed by atoms with Crippen LogP contribution in [-0.4, -0.2) is 97.2 Å². The Morgan fingerprint density at radius 1 is 1.22 bits per heavy atom. The zero-order chi connectivity index (χ0) is 31.7. The summed E-state index contributed by atoms with van der Waals surface area (Å²) >= 11 is 0. The number of hydrogen-bond donors (Lipinski definition) is 0. The molecule has 1 aromatic rings. The van der Waals surface area contributed by atoms with Crippen molar-refractivity contribution in [3.8, 4) is 6.07 Å². The molecule has 9 nitrogen and oxygen atoms in total. The number of aliphatic imine (C=N–C) groups is 2. The average molecular weight is 614 g/mol. The molecule has 5 aliphatic rings. The number of hydrogen-bond acceptors (Lipinski definition) is 7. The molecule has 0 aromatic heterocycles. The average Bonchev–Trinajstić information content (AvgIpc) is 3.47. The van der Waals surface area contributed by atoms with Gasteiger partial charge in [-0.25, -0.2) is 20.3 Å². The SMILES string of the molecule is [C-]#[N+]C[C@H]1CN(C2=C(C#N)C(OC[C@@H]3CCCN3C)=NC3C(F)=C(c4cccc5c4CCCC5)N=CC23)CCN1C(=O)C(=C)F. The number of benzene rings is 1. The number of aryl methyl sites for hydroxylation is 1. The number of piperazine rings is 1. The summed E-state index contributed by atoms with van der Waals surface area (Å²) in [5, 5.41) is 10.5. The minimum atomic E-state index is -1.09. The van der Waals surface area contributed by atoms with Gasteiger partial charge in [-0.2, -0.15) is 5.26 Å². The van der Waals surface area contributed by atoms with E-state index in [-0.39, 0.29) is 49.4 Å². The molecule has 0 saturated carbocycles. The van der Waals surface area contributed by atoms with Crippen molar-refractivity contribution < 1.29 is 18.3 Å². The highest BCUT2D eigenvalue weighted by Crippen LogP contribution is 2.42. The van der Waals surface area contributed by atoms with Gasteiger partial charge in [0.25, 0.3) is 5.91 Å². The smallest absolute Gasteiger partial charge is 0.282 e. The summed E-state index contributed by atoms with van der Waals surface area (Å²) in [7, 11) is 2.03. The molecule has 11 heteroatoms. The van der Waals surface area contributed by atoms with Gasteiger partial charge in [0.1, 0.15) is 36.0 Å². The molecular formula is C34H37F2N7O2. The van der Waals surface area contributed by atoms with E-state index in [1.54, 1.807) is 6.21 Å². The Morgan fingerprint density at radius 2 is 2.04 bits per heavy atom. The maximum absolute atomic E-state index is 16.8. The predicted molar refractivity (Wildman–Crippen MR) is 167 cm³/mol. The van der Waals surface area contributed by atoms with Crippen LogP contribution in [0.4, 0.5) is 8.78 Å². The molecule has 4 aliphatic heterocycles. The summed E-state index contributed by atoms with van der Waals surface area (Å²) in [6.07, 6.45) is 7.62. The van der Waals surface area contributed by atoms with Gasteiger partial charge in [0, 0.05) is 43.2 Å². The van der Waals surface area contributed by atoms with Crippen LogP contribution in [0, 0.1) is 23.8 Å². The standard InChI is InChI=1S/C34H37F2N7O2/c1-21(35)34(44)43-15-14-42(19-24(43)17-38-2)32-27(16-37)33(45-20-23-10-7-13-41(23)3)40-31-28(32)18-39-30(29(31)36)26-12-6-9-22-8-4-5-11-25(22)26/h6,9,12,18,23-24,28,31H,1,4-5,7-8,10-11,13-15,17,19-20H2,3H3/t23-,24-,28?,31?/m0/s1. The zero-order valence-corrected chi connectivity index (χ0v) is 25.5. The summed E-state index contributed by atoms with van der Waals surface area (Å²) in [5.41, 5.74) is 4.06. The first kappa shape index (κ1) is 30.7. The molecule has 234 valence electrons. The Balaban J connectivity index is 1.39. The fourth-order valence-electron chi connectivity index (χ4n) is 7.33. The van der Waals surface area contributed by atoms with Crippen LogP contribution < -0.4 is 0 Å². The molecule has 2 saturated heterocycles. The van der Waals surface area contributed by atoms with Gasteiger partial charge >= 0.3 is 0 Å². The lowest BCUT2D eigenvalue weighted by Crippen LogP contribution is -2.57. The molecule has 4 atom stereocenters. The second kappa shape index (κ2) is 12.9. The molecule has 0 spiro atoms. The van der Waals surface area contributed by atoms with Crippen molar-refractivity contribution in [3.05, 3.63) is 75.8 Å². The largest absolute Gasteiger partial charge is 0.475 e. The number of fused-ring (bicyclic) bond motifs is 2. The number of carbonyl (C=O) groups excluding carboxylic acids is 1. The van der Waals surface area contributed by atoms with E-state index in [0.29, 0.717) is 12.3 Å². The second-order valence-electron chi connectivity index (χ2n) is 12.3. The van der Waals surface area contributed by atoms with Crippen molar-refractivity contribution in [2.75, 3.05) is 46.4 Å². The number of ether oxygens (including phenoxy) is 1. The van der Waals surface area contributed by atoms with E-state index in [1.165, 1.54) is 10.5 Å². The molecule has 2 fully saturated rings. The van der Waals surface area contributed by atoms with Crippen molar-refractivity contribution >= 4 is 23.7 Å². The number of carbonyl (C=O) groups is 1. The molecule has 45 heavy (non-hydrogen) atoms. The van der Waals surface area contributed by atoms with Crippen LogP contribution >= 0.6 is 0 Å². The first-order chi connectivity index (χ1) is 21.8. The molecule has 0 radical (unpaired) electrons. The minimum Gasteiger partial charge on any atom is -0.475 e. The van der Waals surface area contributed by atoms with Gasteiger partial charge in [0.05, 0.1) is 5.92 Å². The molecule has 0 N–H and O–H groups in total. The number of halogens is 2. The van der Waals surface area contributed by atoms with Crippen molar-refractivity contribution in [1.29, 1.82) is 5.26 Å². The molecule has 0 bridgehead atoms. The first-order valence-electron chi connectivity index (χ1n) is 15.7. The van der Waals surface area contributed by atoms with Gasteiger partial charge in [-0.15, -0.1) is 0 Å². The van der Waals surface area contributed by atoms with Crippen molar-refractivity contribution in [1.82, 2.24) is 14.7 Å². The van der Waals surface area contributed by atoms with E-state index in [9.17, 15) is 14.4 Å². The topological polar surface area (TPSA) is 88.9 Å². The number of nitriles is 1. The Kier molecular flexibility index (Phi) is 8.82. The Bertz CT molecular complexity index is 1600. The molecule has 1 amide bonds. The lowest BCUT2D eigenvalue weighted by Gasteiger charge is -2.44. The number of dihydropyridines is 1. The van der Waals surface area contributed by atoms with E-state index < -0.39 is 35.6 Å². The van der Waals surface area contributed by atoms with E-state index in [1.807, 2.05) is 24.1 Å². The van der Waals surface area contributed by atoms with Gasteiger partial charge in [-0.1, -0.05) is 24.8 Å². The summed E-state index contributed by atoms with van der Waals surface area (Å²) < 4.78 is 36.9. The third-order valence-corrected chi connectivity index (χ3v) is 9.70. The van der Waals surface area contributed by atoms with Crippen molar-refractivity contribution in [2.24, 2.45) is 15.9 Å². The zero-order valence-electron chi connectivity index (χ0n) is 25.5. The van der Waals surface area contributed by atoms with Crippen LogP contribution in [-0.2, 0) is 22.4 Å². The van der Waals surface area contributed by atoms with Gasteiger partial charge in [-0.05, 0) is 63.2 Å². The highest BCUT2D eigenvalue weighted by Gasteiger charge is 2.45. The fraction of sp³-hybridized carbons (Fsp3) is 0.500. The lowest BCUT2D eigenvalue weighted by atomic mass is 9.83. The second-order valence-corrected chi connectivity index (χ2v) is 12.3. The molecule has 4 heterocycles. The summed E-state index contributed by atoms with van der Waals surface area (Å²) in [6, 6.07) is 6.74. The van der Waals surface area contributed by atoms with Gasteiger partial charge < -0.3 is 24.3 Å². The lowest BCUT2D eigenvalue weighted by molar-refractivity contribution is -0.132. The van der Waals surface area contributed by atoms with Crippen LogP contribution in [0.1, 0.15) is 42.4 Å². The van der Waals surface area contributed by atoms with Crippen molar-refractivity contribution in [3.63, 3.8) is 0 Å². The monoisotopic (exact) mass is 613 g/mol. The molecule has 1 aromatic carbocycles. The molecule has 1 aliphatic carbocycles. The van der Waals surface area contributed by atoms with E-state index in [0.717, 1.165) is 56.2 Å². The van der Waals surface area contributed by atoms with E-state index in [2.05, 4.69) is 33.5 Å². The van der Waals surface area contributed by atoms with Crippen LogP contribution in [0.5, 0.6) is 0 Å². The Labute approximate surface area is 262 Å². The normalized spacial score (nSPS) is 26.6. The predicted octanol–water partition coefficient (Wildman–Crippen LogP) is 4.49. The minimum absolute atomic E-state index is 0.0597. The molecular weight excluding hydrogens is 576 g/mol. The number of nitrogens with zero attached hydrogens (tertiary/aromatic N) is 7. The number of amides is 1. The summed E-state index contributed by atoms with van der Waals surface area (Å²) in [5.74, 6) is -3.03. The van der Waals surface area contributed by atoms with Crippen LogP contribution in [0.3, 0.4) is 0 Å². The highest BCUT2D eigenvalue weighted by atomic mass is 19.1. The van der Waals surface area contributed by atoms with Gasteiger partial charge in [0.15, 0.2) is 11.7 Å². The number of rotatable bonds is 6. The highest BCUT2D eigenvalue weighted by molar-refractivity contribution is 6.01. The third kappa shape index (κ3) is 5.78. The number of likely N-dealkylation sites (tertiary alicyclic amines) is 1.